The Morgan fingerprint density at radius 2 is 1.77 bits per heavy atom. The number of benzene rings is 2. The number of carbonyl (C=O) groups is 1. The van der Waals surface area contributed by atoms with Crippen molar-refractivity contribution in [2.75, 3.05) is 25.6 Å². The molecule has 0 aliphatic carbocycles. The lowest BCUT2D eigenvalue weighted by Crippen LogP contribution is -2.32. The minimum atomic E-state index is -0.483. The van der Waals surface area contributed by atoms with Crippen molar-refractivity contribution in [3.05, 3.63) is 54.3 Å². The molecule has 0 aromatic heterocycles. The van der Waals surface area contributed by atoms with Gasteiger partial charge in [-0.3, -0.25) is 0 Å². The monoisotopic (exact) mass is 304 g/mol. The number of halogens is 1. The van der Waals surface area contributed by atoms with Gasteiger partial charge in [0.05, 0.1) is 19.3 Å². The molecule has 0 fully saturated rings. The molecule has 0 aliphatic heterocycles. The van der Waals surface area contributed by atoms with Crippen LogP contribution in [0.25, 0.3) is 0 Å². The van der Waals surface area contributed by atoms with Crippen molar-refractivity contribution in [2.45, 2.75) is 0 Å². The summed E-state index contributed by atoms with van der Waals surface area (Å²) < 4.78 is 23.8. The first kappa shape index (κ1) is 15.6. The van der Waals surface area contributed by atoms with E-state index in [-0.39, 0.29) is 5.69 Å². The van der Waals surface area contributed by atoms with E-state index in [4.69, 9.17) is 9.47 Å². The fourth-order valence-corrected chi connectivity index (χ4v) is 1.73. The van der Waals surface area contributed by atoms with E-state index >= 15 is 0 Å². The van der Waals surface area contributed by atoms with Crippen LogP contribution in [-0.4, -0.2) is 26.3 Å². The van der Waals surface area contributed by atoms with Crippen molar-refractivity contribution in [1.29, 1.82) is 0 Å². The molecule has 2 aromatic rings. The van der Waals surface area contributed by atoms with E-state index < -0.39 is 11.8 Å². The number of methoxy groups -OCH3 is 1. The van der Waals surface area contributed by atoms with Crippen molar-refractivity contribution < 1.29 is 18.7 Å². The largest absolute Gasteiger partial charge is 0.497 e. The Kier molecular flexibility index (Phi) is 5.59. The normalized spacial score (nSPS) is 9.91. The quantitative estimate of drug-likeness (QED) is 0.806. The van der Waals surface area contributed by atoms with Gasteiger partial charge < -0.3 is 20.1 Å². The van der Waals surface area contributed by atoms with Crippen molar-refractivity contribution in [3.63, 3.8) is 0 Å². The maximum Gasteiger partial charge on any atom is 0.319 e. The molecule has 0 aliphatic rings. The first-order valence-corrected chi connectivity index (χ1v) is 6.75. The summed E-state index contributed by atoms with van der Waals surface area (Å²) in [5.41, 5.74) is 0.135. The summed E-state index contributed by atoms with van der Waals surface area (Å²) in [6.07, 6.45) is 0. The summed E-state index contributed by atoms with van der Waals surface area (Å²) in [5, 5.41) is 5.01. The van der Waals surface area contributed by atoms with Crippen molar-refractivity contribution in [3.8, 4) is 11.5 Å². The highest BCUT2D eigenvalue weighted by Gasteiger charge is 2.05. The fraction of sp³-hybridized carbons (Fsp3) is 0.188. The SMILES string of the molecule is COc1ccc(OCCNC(=O)Nc2ccccc2F)cc1. The van der Waals surface area contributed by atoms with Crippen LogP contribution in [0.3, 0.4) is 0 Å². The molecule has 0 saturated carbocycles. The van der Waals surface area contributed by atoms with Crippen LogP contribution in [0.4, 0.5) is 14.9 Å². The average Bonchev–Trinajstić information content (AvgIpc) is 2.54. The number of anilines is 1. The van der Waals surface area contributed by atoms with Gasteiger partial charge in [0.15, 0.2) is 0 Å². The Morgan fingerprint density at radius 3 is 2.45 bits per heavy atom. The van der Waals surface area contributed by atoms with E-state index in [9.17, 15) is 9.18 Å². The van der Waals surface area contributed by atoms with Crippen molar-refractivity contribution in [1.82, 2.24) is 5.32 Å². The van der Waals surface area contributed by atoms with E-state index in [1.165, 1.54) is 12.1 Å². The molecule has 6 heteroatoms. The standard InChI is InChI=1S/C16H17FN2O3/c1-21-12-6-8-13(9-7-12)22-11-10-18-16(20)19-15-5-3-2-4-14(15)17/h2-9H,10-11H2,1H3,(H2,18,19,20). The van der Waals surface area contributed by atoms with Crippen molar-refractivity contribution in [2.24, 2.45) is 0 Å². The molecule has 2 aromatic carbocycles. The van der Waals surface area contributed by atoms with Gasteiger partial charge in [0.2, 0.25) is 0 Å². The van der Waals surface area contributed by atoms with Crippen LogP contribution < -0.4 is 20.1 Å². The average molecular weight is 304 g/mol. The maximum atomic E-state index is 13.3. The molecule has 2 amide bonds. The van der Waals surface area contributed by atoms with Gasteiger partial charge >= 0.3 is 6.03 Å². The molecule has 2 N–H and O–H groups in total. The zero-order valence-corrected chi connectivity index (χ0v) is 12.1. The molecule has 0 atom stereocenters. The molecule has 0 spiro atoms. The number of ether oxygens (including phenoxy) is 2. The Balaban J connectivity index is 1.69. The lowest BCUT2D eigenvalue weighted by molar-refractivity contribution is 0.247. The molecular formula is C16H17FN2O3. The van der Waals surface area contributed by atoms with E-state index in [1.54, 1.807) is 43.5 Å². The predicted molar refractivity (Wildman–Crippen MR) is 81.9 cm³/mol. The zero-order chi connectivity index (χ0) is 15.8. The number of amides is 2. The van der Waals surface area contributed by atoms with Gasteiger partial charge in [-0.25, -0.2) is 9.18 Å². The summed E-state index contributed by atoms with van der Waals surface area (Å²) in [6, 6.07) is 12.6. The van der Waals surface area contributed by atoms with Gasteiger partial charge in [-0.1, -0.05) is 12.1 Å². The van der Waals surface area contributed by atoms with Crippen LogP contribution in [0.15, 0.2) is 48.5 Å². The fourth-order valence-electron chi connectivity index (χ4n) is 1.73. The van der Waals surface area contributed by atoms with Gasteiger partial charge in [0.1, 0.15) is 23.9 Å². The second kappa shape index (κ2) is 7.87. The van der Waals surface area contributed by atoms with E-state index in [2.05, 4.69) is 10.6 Å². The number of urea groups is 1. The predicted octanol–water partition coefficient (Wildman–Crippen LogP) is 3.03. The van der Waals surface area contributed by atoms with E-state index in [0.717, 1.165) is 5.75 Å². The van der Waals surface area contributed by atoms with Crippen LogP contribution in [0.2, 0.25) is 0 Å². The molecule has 0 heterocycles. The number of carbonyl (C=O) groups excluding carboxylic acids is 1. The Labute approximate surface area is 128 Å². The highest BCUT2D eigenvalue weighted by Crippen LogP contribution is 2.16. The molecule has 5 nitrogen and oxygen atoms in total. The van der Waals surface area contributed by atoms with Crippen LogP contribution in [0, 0.1) is 5.82 Å². The molecule has 22 heavy (non-hydrogen) atoms. The number of para-hydroxylation sites is 1. The molecular weight excluding hydrogens is 287 g/mol. The third-order valence-electron chi connectivity index (χ3n) is 2.84. The van der Waals surface area contributed by atoms with Crippen LogP contribution >= 0.6 is 0 Å². The Bertz CT molecular complexity index is 617. The third kappa shape index (κ3) is 4.66. The molecule has 2 rings (SSSR count). The number of nitrogens with one attached hydrogen (secondary N) is 2. The van der Waals surface area contributed by atoms with Crippen molar-refractivity contribution >= 4 is 11.7 Å². The summed E-state index contributed by atoms with van der Waals surface area (Å²) >= 11 is 0. The minimum Gasteiger partial charge on any atom is -0.497 e. The second-order valence-corrected chi connectivity index (χ2v) is 4.38. The second-order valence-electron chi connectivity index (χ2n) is 4.38. The van der Waals surface area contributed by atoms with Crippen LogP contribution in [0.1, 0.15) is 0 Å². The first-order valence-electron chi connectivity index (χ1n) is 6.75. The highest BCUT2D eigenvalue weighted by molar-refractivity contribution is 5.89. The highest BCUT2D eigenvalue weighted by atomic mass is 19.1. The number of hydrogen-bond donors (Lipinski definition) is 2. The van der Waals surface area contributed by atoms with Gasteiger partial charge in [0.25, 0.3) is 0 Å². The summed E-state index contributed by atoms with van der Waals surface area (Å²) in [7, 11) is 1.59. The molecule has 0 bridgehead atoms. The van der Waals surface area contributed by atoms with Crippen LogP contribution in [-0.2, 0) is 0 Å². The van der Waals surface area contributed by atoms with Gasteiger partial charge in [-0.2, -0.15) is 0 Å². The topological polar surface area (TPSA) is 59.6 Å². The smallest absolute Gasteiger partial charge is 0.319 e. The molecule has 116 valence electrons. The Hall–Kier alpha value is -2.76. The van der Waals surface area contributed by atoms with Gasteiger partial charge in [-0.05, 0) is 36.4 Å². The van der Waals surface area contributed by atoms with Gasteiger partial charge in [-0.15, -0.1) is 0 Å². The van der Waals surface area contributed by atoms with E-state index in [1.807, 2.05) is 0 Å². The molecule has 0 unspecified atom stereocenters. The lowest BCUT2D eigenvalue weighted by atomic mass is 10.3. The van der Waals surface area contributed by atoms with Crippen LogP contribution in [0.5, 0.6) is 11.5 Å². The lowest BCUT2D eigenvalue weighted by Gasteiger charge is -2.10. The Morgan fingerprint density at radius 1 is 1.09 bits per heavy atom. The summed E-state index contributed by atoms with van der Waals surface area (Å²) in [4.78, 5) is 11.6. The summed E-state index contributed by atoms with van der Waals surface area (Å²) in [5.74, 6) is 0.944. The molecule has 0 saturated heterocycles. The maximum absolute atomic E-state index is 13.3. The number of hydrogen-bond acceptors (Lipinski definition) is 3. The summed E-state index contributed by atoms with van der Waals surface area (Å²) in [6.45, 7) is 0.601. The third-order valence-corrected chi connectivity index (χ3v) is 2.84. The van der Waals surface area contributed by atoms with E-state index in [0.29, 0.717) is 18.9 Å². The first-order chi connectivity index (χ1) is 10.7. The zero-order valence-electron chi connectivity index (χ0n) is 12.1. The molecule has 0 radical (unpaired) electrons. The minimum absolute atomic E-state index is 0.135. The number of rotatable bonds is 6. The van der Waals surface area contributed by atoms with Gasteiger partial charge in [0, 0.05) is 0 Å².